The van der Waals surface area contributed by atoms with Gasteiger partial charge in [0.1, 0.15) is 0 Å². The largest absolute Gasteiger partial charge is 0.465 e. The Morgan fingerprint density at radius 3 is 2.48 bits per heavy atom. The van der Waals surface area contributed by atoms with Gasteiger partial charge in [0.2, 0.25) is 0 Å². The zero-order valence-corrected chi connectivity index (χ0v) is 16.6. The average molecular weight is 402 g/mol. The first-order valence-corrected chi connectivity index (χ1v) is 10.3. The van der Waals surface area contributed by atoms with Crippen molar-refractivity contribution in [2.45, 2.75) is 31.2 Å². The standard InChI is InChI=1S/C22H21Cl2NO2/c1-27-22(26)12-4-2-11(3-5-12)20-18-14-7-6-13(10-14)17(18)19-15(23)8-9-16(24)21(19)25-20/h2-5,8-9,13-14,17-18,20,25H,6-7,10H2,1H3/t13-,14-,17+,18+,20-/m0/s1. The second-order valence-electron chi connectivity index (χ2n) is 7.99. The Kier molecular flexibility index (Phi) is 4.14. The first kappa shape index (κ1) is 17.4. The van der Waals surface area contributed by atoms with Crippen LogP contribution in [0.25, 0.3) is 0 Å². The third kappa shape index (κ3) is 2.59. The number of fused-ring (bicyclic) bond motifs is 7. The molecule has 1 aliphatic heterocycles. The molecule has 140 valence electrons. The number of rotatable bonds is 2. The summed E-state index contributed by atoms with van der Waals surface area (Å²) in [6.45, 7) is 0. The van der Waals surface area contributed by atoms with Gasteiger partial charge >= 0.3 is 5.97 Å². The Morgan fingerprint density at radius 2 is 1.74 bits per heavy atom. The molecule has 0 spiro atoms. The maximum atomic E-state index is 11.8. The van der Waals surface area contributed by atoms with Crippen molar-refractivity contribution in [3.8, 4) is 0 Å². The van der Waals surface area contributed by atoms with Gasteiger partial charge in [-0.15, -0.1) is 0 Å². The first-order chi connectivity index (χ1) is 13.1. The molecule has 2 fully saturated rings. The predicted octanol–water partition coefficient (Wildman–Crippen LogP) is 6.08. The fourth-order valence-corrected chi connectivity index (χ4v) is 6.29. The number of ether oxygens (including phenoxy) is 1. The van der Waals surface area contributed by atoms with Crippen LogP contribution in [0.5, 0.6) is 0 Å². The SMILES string of the molecule is COC(=O)c1ccc([C@@H]2Nc3c(Cl)ccc(Cl)c3[C@@H]3[C@H]4CC[C@@H](C4)[C@H]32)cc1. The summed E-state index contributed by atoms with van der Waals surface area (Å²) in [4.78, 5) is 11.8. The van der Waals surface area contributed by atoms with E-state index in [1.54, 1.807) is 0 Å². The molecule has 3 aliphatic rings. The van der Waals surface area contributed by atoms with Crippen LogP contribution in [0, 0.1) is 17.8 Å². The van der Waals surface area contributed by atoms with Gasteiger partial charge in [-0.2, -0.15) is 0 Å². The van der Waals surface area contributed by atoms with E-state index in [2.05, 4.69) is 5.32 Å². The number of methoxy groups -OCH3 is 1. The number of anilines is 1. The molecule has 1 N–H and O–H groups in total. The topological polar surface area (TPSA) is 38.3 Å². The molecule has 2 bridgehead atoms. The van der Waals surface area contributed by atoms with Gasteiger partial charge < -0.3 is 10.1 Å². The highest BCUT2D eigenvalue weighted by Gasteiger charge is 2.54. The Labute approximate surface area is 169 Å². The zero-order chi connectivity index (χ0) is 18.7. The van der Waals surface area contributed by atoms with Gasteiger partial charge in [-0.05, 0) is 78.3 Å². The molecular weight excluding hydrogens is 381 g/mol. The van der Waals surface area contributed by atoms with Crippen LogP contribution in [-0.2, 0) is 4.74 Å². The predicted molar refractivity (Wildman–Crippen MR) is 108 cm³/mol. The Hall–Kier alpha value is -1.71. The van der Waals surface area contributed by atoms with Crippen LogP contribution in [0.15, 0.2) is 36.4 Å². The van der Waals surface area contributed by atoms with Crippen molar-refractivity contribution in [3.63, 3.8) is 0 Å². The van der Waals surface area contributed by atoms with E-state index in [1.807, 2.05) is 36.4 Å². The van der Waals surface area contributed by atoms with Gasteiger partial charge in [-0.3, -0.25) is 0 Å². The van der Waals surface area contributed by atoms with Gasteiger partial charge in [0.15, 0.2) is 0 Å². The molecule has 5 atom stereocenters. The molecule has 2 aliphatic carbocycles. The number of benzene rings is 2. The van der Waals surface area contributed by atoms with Crippen LogP contribution < -0.4 is 5.32 Å². The summed E-state index contributed by atoms with van der Waals surface area (Å²) in [5.41, 5.74) is 3.96. The highest BCUT2D eigenvalue weighted by atomic mass is 35.5. The Balaban J connectivity index is 1.59. The summed E-state index contributed by atoms with van der Waals surface area (Å²) in [5, 5.41) is 5.26. The Morgan fingerprint density at radius 1 is 1.04 bits per heavy atom. The van der Waals surface area contributed by atoms with Crippen molar-refractivity contribution < 1.29 is 9.53 Å². The van der Waals surface area contributed by atoms with E-state index in [9.17, 15) is 4.79 Å². The first-order valence-electron chi connectivity index (χ1n) is 9.51. The molecule has 0 saturated heterocycles. The number of hydrogen-bond acceptors (Lipinski definition) is 3. The van der Waals surface area contributed by atoms with Crippen LogP contribution in [-0.4, -0.2) is 13.1 Å². The average Bonchev–Trinajstić information content (AvgIpc) is 3.32. The number of hydrogen-bond donors (Lipinski definition) is 1. The smallest absolute Gasteiger partial charge is 0.337 e. The van der Waals surface area contributed by atoms with Crippen LogP contribution >= 0.6 is 23.2 Å². The summed E-state index contributed by atoms with van der Waals surface area (Å²) in [6, 6.07) is 11.8. The van der Waals surface area contributed by atoms with E-state index < -0.39 is 0 Å². The molecule has 5 rings (SSSR count). The maximum Gasteiger partial charge on any atom is 0.337 e. The molecule has 2 aromatic carbocycles. The fraction of sp³-hybridized carbons (Fsp3) is 0.409. The van der Waals surface area contributed by atoms with Crippen LogP contribution in [0.3, 0.4) is 0 Å². The van der Waals surface area contributed by atoms with Crippen molar-refractivity contribution in [1.29, 1.82) is 0 Å². The van der Waals surface area contributed by atoms with Crippen molar-refractivity contribution >= 4 is 34.9 Å². The lowest BCUT2D eigenvalue weighted by atomic mass is 9.68. The van der Waals surface area contributed by atoms with Crippen LogP contribution in [0.2, 0.25) is 10.0 Å². The van der Waals surface area contributed by atoms with E-state index in [4.69, 9.17) is 27.9 Å². The third-order valence-electron chi connectivity index (χ3n) is 6.83. The van der Waals surface area contributed by atoms with E-state index >= 15 is 0 Å². The molecule has 2 aromatic rings. The maximum absolute atomic E-state index is 11.8. The second-order valence-corrected chi connectivity index (χ2v) is 8.80. The number of nitrogens with one attached hydrogen (secondary N) is 1. The van der Waals surface area contributed by atoms with Crippen molar-refractivity contribution in [3.05, 3.63) is 63.1 Å². The van der Waals surface area contributed by atoms with Gasteiger partial charge in [0.25, 0.3) is 0 Å². The molecule has 5 heteroatoms. The molecule has 0 aromatic heterocycles. The molecule has 3 nitrogen and oxygen atoms in total. The molecule has 2 saturated carbocycles. The summed E-state index contributed by atoms with van der Waals surface area (Å²) in [5.74, 6) is 2.05. The second kappa shape index (κ2) is 6.42. The van der Waals surface area contributed by atoms with E-state index in [1.165, 1.54) is 37.5 Å². The monoisotopic (exact) mass is 401 g/mol. The van der Waals surface area contributed by atoms with Crippen molar-refractivity contribution in [2.75, 3.05) is 12.4 Å². The lowest BCUT2D eigenvalue weighted by Gasteiger charge is -2.44. The molecular formula is C22H21Cl2NO2. The van der Waals surface area contributed by atoms with Crippen LogP contribution in [0.4, 0.5) is 5.69 Å². The quantitative estimate of drug-likeness (QED) is 0.619. The number of halogens is 2. The summed E-state index contributed by atoms with van der Waals surface area (Å²) in [7, 11) is 1.40. The number of carbonyl (C=O) groups excluding carboxylic acids is 1. The normalized spacial score (nSPS) is 30.4. The van der Waals surface area contributed by atoms with Crippen LogP contribution in [0.1, 0.15) is 52.7 Å². The summed E-state index contributed by atoms with van der Waals surface area (Å²) < 4.78 is 4.82. The lowest BCUT2D eigenvalue weighted by Crippen LogP contribution is -2.35. The van der Waals surface area contributed by atoms with Gasteiger partial charge in [0, 0.05) is 5.02 Å². The van der Waals surface area contributed by atoms with E-state index in [0.717, 1.165) is 15.7 Å². The Bertz CT molecular complexity index is 911. The third-order valence-corrected chi connectivity index (χ3v) is 7.48. The van der Waals surface area contributed by atoms with Crippen molar-refractivity contribution in [1.82, 2.24) is 0 Å². The fourth-order valence-electron chi connectivity index (χ4n) is 5.79. The lowest BCUT2D eigenvalue weighted by molar-refractivity contribution is 0.0600. The summed E-state index contributed by atoms with van der Waals surface area (Å²) >= 11 is 13.2. The molecule has 0 radical (unpaired) electrons. The summed E-state index contributed by atoms with van der Waals surface area (Å²) in [6.07, 6.45) is 3.84. The van der Waals surface area contributed by atoms with E-state index in [0.29, 0.717) is 29.2 Å². The minimum atomic E-state index is -0.309. The molecule has 0 amide bonds. The zero-order valence-electron chi connectivity index (χ0n) is 15.0. The van der Waals surface area contributed by atoms with E-state index in [-0.39, 0.29) is 12.0 Å². The van der Waals surface area contributed by atoms with Gasteiger partial charge in [-0.1, -0.05) is 35.3 Å². The highest BCUT2D eigenvalue weighted by molar-refractivity contribution is 6.36. The number of carbonyl (C=O) groups is 1. The molecule has 0 unspecified atom stereocenters. The van der Waals surface area contributed by atoms with Gasteiger partial charge in [0.05, 0.1) is 29.4 Å². The number of esters is 1. The molecule has 27 heavy (non-hydrogen) atoms. The highest BCUT2D eigenvalue weighted by Crippen LogP contribution is 2.65. The van der Waals surface area contributed by atoms with Gasteiger partial charge in [-0.25, -0.2) is 4.79 Å². The molecule has 1 heterocycles. The minimum absolute atomic E-state index is 0.181. The minimum Gasteiger partial charge on any atom is -0.465 e. The van der Waals surface area contributed by atoms with Crippen molar-refractivity contribution in [2.24, 2.45) is 17.8 Å².